The Bertz CT molecular complexity index is 397. The highest BCUT2D eigenvalue weighted by Crippen LogP contribution is 2.14. The van der Waals surface area contributed by atoms with Crippen LogP contribution in [0.15, 0.2) is 40.4 Å². The van der Waals surface area contributed by atoms with Gasteiger partial charge in [-0.3, -0.25) is 0 Å². The molecule has 1 rings (SSSR count). The zero-order chi connectivity index (χ0) is 12.0. The standard InChI is InChI=1S/C13H15BrO2/c1-3-16-13(15)8-10(2)7-11-5-4-6-12(14)9-11/h4-6,8-9H,3,7H2,1-2H3/b10-8+. The fourth-order valence-electron chi connectivity index (χ4n) is 1.41. The molecule has 0 aliphatic rings. The molecule has 16 heavy (non-hydrogen) atoms. The highest BCUT2D eigenvalue weighted by molar-refractivity contribution is 9.10. The van der Waals surface area contributed by atoms with Crippen molar-refractivity contribution in [2.45, 2.75) is 20.3 Å². The lowest BCUT2D eigenvalue weighted by Gasteiger charge is -2.03. The molecular weight excluding hydrogens is 268 g/mol. The Labute approximate surface area is 104 Å². The van der Waals surface area contributed by atoms with Crippen molar-refractivity contribution < 1.29 is 9.53 Å². The zero-order valence-corrected chi connectivity index (χ0v) is 11.1. The maximum Gasteiger partial charge on any atom is 0.330 e. The van der Waals surface area contributed by atoms with Gasteiger partial charge >= 0.3 is 5.97 Å². The first-order chi connectivity index (χ1) is 7.61. The van der Waals surface area contributed by atoms with Gasteiger partial charge in [0.25, 0.3) is 0 Å². The molecule has 0 N–H and O–H groups in total. The third kappa shape index (κ3) is 4.62. The number of carbonyl (C=O) groups is 1. The quantitative estimate of drug-likeness (QED) is 0.624. The van der Waals surface area contributed by atoms with Crippen molar-refractivity contribution in [1.29, 1.82) is 0 Å². The highest BCUT2D eigenvalue weighted by atomic mass is 79.9. The molecule has 0 unspecified atom stereocenters. The molecule has 0 aliphatic carbocycles. The van der Waals surface area contributed by atoms with Gasteiger partial charge in [0.1, 0.15) is 0 Å². The number of hydrogen-bond acceptors (Lipinski definition) is 2. The van der Waals surface area contributed by atoms with E-state index in [0.29, 0.717) is 6.61 Å². The van der Waals surface area contributed by atoms with Crippen molar-refractivity contribution in [2.75, 3.05) is 6.61 Å². The van der Waals surface area contributed by atoms with Crippen LogP contribution in [0.5, 0.6) is 0 Å². The number of ether oxygens (including phenoxy) is 1. The minimum absolute atomic E-state index is 0.269. The van der Waals surface area contributed by atoms with E-state index in [1.54, 1.807) is 13.0 Å². The summed E-state index contributed by atoms with van der Waals surface area (Å²) in [5, 5.41) is 0. The van der Waals surface area contributed by atoms with Gasteiger partial charge in [-0.25, -0.2) is 4.79 Å². The molecule has 0 heterocycles. The van der Waals surface area contributed by atoms with Gasteiger partial charge in [-0.2, -0.15) is 0 Å². The zero-order valence-electron chi connectivity index (χ0n) is 9.50. The summed E-state index contributed by atoms with van der Waals surface area (Å²) in [6.07, 6.45) is 2.31. The van der Waals surface area contributed by atoms with Gasteiger partial charge in [0, 0.05) is 10.5 Å². The SMILES string of the molecule is CCOC(=O)/C=C(\C)Cc1cccc(Br)c1. The Balaban J connectivity index is 2.63. The van der Waals surface area contributed by atoms with Crippen molar-refractivity contribution in [1.82, 2.24) is 0 Å². The molecular formula is C13H15BrO2. The maximum absolute atomic E-state index is 11.2. The third-order valence-corrected chi connectivity index (χ3v) is 2.52. The largest absolute Gasteiger partial charge is 0.463 e. The number of rotatable bonds is 4. The van der Waals surface area contributed by atoms with Crippen LogP contribution in [0.25, 0.3) is 0 Å². The average molecular weight is 283 g/mol. The molecule has 86 valence electrons. The summed E-state index contributed by atoms with van der Waals surface area (Å²) in [5.41, 5.74) is 2.17. The molecule has 0 aromatic heterocycles. The predicted molar refractivity (Wildman–Crippen MR) is 68.2 cm³/mol. The van der Waals surface area contributed by atoms with Gasteiger partial charge in [0.15, 0.2) is 0 Å². The van der Waals surface area contributed by atoms with E-state index in [2.05, 4.69) is 15.9 Å². The van der Waals surface area contributed by atoms with Crippen LogP contribution in [0, 0.1) is 0 Å². The number of benzene rings is 1. The lowest BCUT2D eigenvalue weighted by atomic mass is 10.1. The number of allylic oxidation sites excluding steroid dienone is 1. The van der Waals surface area contributed by atoms with E-state index in [1.165, 1.54) is 5.56 Å². The molecule has 0 spiro atoms. The van der Waals surface area contributed by atoms with Crippen LogP contribution in [-0.4, -0.2) is 12.6 Å². The Morgan fingerprint density at radius 2 is 2.25 bits per heavy atom. The third-order valence-electron chi connectivity index (χ3n) is 2.02. The van der Waals surface area contributed by atoms with Crippen LogP contribution in [0.3, 0.4) is 0 Å². The molecule has 0 aliphatic heterocycles. The van der Waals surface area contributed by atoms with Crippen LogP contribution >= 0.6 is 15.9 Å². The monoisotopic (exact) mass is 282 g/mol. The van der Waals surface area contributed by atoms with Gasteiger partial charge in [0.2, 0.25) is 0 Å². The molecule has 0 saturated carbocycles. The Kier molecular flexibility index (Phi) is 5.26. The summed E-state index contributed by atoms with van der Waals surface area (Å²) < 4.78 is 5.90. The lowest BCUT2D eigenvalue weighted by molar-refractivity contribution is -0.137. The Hall–Kier alpha value is -1.09. The normalized spacial score (nSPS) is 11.3. The van der Waals surface area contributed by atoms with Crippen molar-refractivity contribution in [3.05, 3.63) is 46.0 Å². The first-order valence-corrected chi connectivity index (χ1v) is 5.99. The van der Waals surface area contributed by atoms with Crippen molar-refractivity contribution >= 4 is 21.9 Å². The van der Waals surface area contributed by atoms with Crippen LogP contribution < -0.4 is 0 Å². The van der Waals surface area contributed by atoms with Crippen molar-refractivity contribution in [3.8, 4) is 0 Å². The topological polar surface area (TPSA) is 26.3 Å². The molecule has 1 aromatic rings. The predicted octanol–water partition coefficient (Wildman–Crippen LogP) is 3.50. The molecule has 0 radical (unpaired) electrons. The van der Waals surface area contributed by atoms with E-state index >= 15 is 0 Å². The number of carbonyl (C=O) groups excluding carboxylic acids is 1. The summed E-state index contributed by atoms with van der Waals surface area (Å²) >= 11 is 3.42. The Morgan fingerprint density at radius 1 is 1.50 bits per heavy atom. The van der Waals surface area contributed by atoms with E-state index in [4.69, 9.17) is 4.74 Å². The fraction of sp³-hybridized carbons (Fsp3) is 0.308. The average Bonchev–Trinajstić information content (AvgIpc) is 2.17. The lowest BCUT2D eigenvalue weighted by Crippen LogP contribution is -2.01. The van der Waals surface area contributed by atoms with Crippen molar-refractivity contribution in [2.24, 2.45) is 0 Å². The van der Waals surface area contributed by atoms with Gasteiger partial charge in [-0.1, -0.05) is 33.6 Å². The van der Waals surface area contributed by atoms with Gasteiger partial charge < -0.3 is 4.74 Å². The van der Waals surface area contributed by atoms with Crippen LogP contribution in [0.1, 0.15) is 19.4 Å². The first kappa shape index (κ1) is 13.0. The minimum Gasteiger partial charge on any atom is -0.463 e. The highest BCUT2D eigenvalue weighted by Gasteiger charge is 2.00. The van der Waals surface area contributed by atoms with Gasteiger partial charge in [-0.15, -0.1) is 0 Å². The van der Waals surface area contributed by atoms with E-state index in [1.807, 2.05) is 31.2 Å². The van der Waals surface area contributed by atoms with Gasteiger partial charge in [0.05, 0.1) is 6.61 Å². The summed E-state index contributed by atoms with van der Waals surface area (Å²) in [7, 11) is 0. The molecule has 0 saturated heterocycles. The van der Waals surface area contributed by atoms with Crippen LogP contribution in [0.2, 0.25) is 0 Å². The second kappa shape index (κ2) is 6.48. The van der Waals surface area contributed by atoms with E-state index < -0.39 is 0 Å². The molecule has 0 atom stereocenters. The smallest absolute Gasteiger partial charge is 0.330 e. The molecule has 3 heteroatoms. The maximum atomic E-state index is 11.2. The summed E-state index contributed by atoms with van der Waals surface area (Å²) in [6, 6.07) is 8.04. The summed E-state index contributed by atoms with van der Waals surface area (Å²) in [6.45, 7) is 4.15. The molecule has 2 nitrogen and oxygen atoms in total. The molecule has 0 fully saturated rings. The van der Waals surface area contributed by atoms with E-state index in [0.717, 1.165) is 16.5 Å². The van der Waals surface area contributed by atoms with Crippen LogP contribution in [-0.2, 0) is 16.0 Å². The van der Waals surface area contributed by atoms with E-state index in [-0.39, 0.29) is 5.97 Å². The van der Waals surface area contributed by atoms with E-state index in [9.17, 15) is 4.79 Å². The molecule has 0 bridgehead atoms. The Morgan fingerprint density at radius 3 is 2.88 bits per heavy atom. The number of hydrogen-bond donors (Lipinski definition) is 0. The second-order valence-corrected chi connectivity index (χ2v) is 4.47. The van der Waals surface area contributed by atoms with Crippen LogP contribution in [0.4, 0.5) is 0 Å². The van der Waals surface area contributed by atoms with Crippen molar-refractivity contribution in [3.63, 3.8) is 0 Å². The summed E-state index contributed by atoms with van der Waals surface area (Å²) in [4.78, 5) is 11.2. The first-order valence-electron chi connectivity index (χ1n) is 5.20. The number of halogens is 1. The number of esters is 1. The molecule has 0 amide bonds. The molecule has 1 aromatic carbocycles. The second-order valence-electron chi connectivity index (χ2n) is 3.55. The van der Waals surface area contributed by atoms with Gasteiger partial charge in [-0.05, 0) is 38.0 Å². The fourth-order valence-corrected chi connectivity index (χ4v) is 1.85. The minimum atomic E-state index is -0.269. The summed E-state index contributed by atoms with van der Waals surface area (Å²) in [5.74, 6) is -0.269.